The summed E-state index contributed by atoms with van der Waals surface area (Å²) >= 11 is 12.5. The molecule has 0 bridgehead atoms. The van der Waals surface area contributed by atoms with E-state index in [1.807, 2.05) is 23.1 Å². The van der Waals surface area contributed by atoms with Crippen molar-refractivity contribution >= 4 is 34.8 Å². The van der Waals surface area contributed by atoms with Gasteiger partial charge in [0.25, 0.3) is 5.91 Å². The molecule has 3 heterocycles. The molecule has 2 aliphatic heterocycles. The molecule has 0 aliphatic carbocycles. The molecular formula is C19H20Cl2N4O. The van der Waals surface area contributed by atoms with E-state index in [-0.39, 0.29) is 5.91 Å². The molecule has 1 fully saturated rings. The zero-order valence-electron chi connectivity index (χ0n) is 14.4. The second-order valence-electron chi connectivity index (χ2n) is 6.82. The fraction of sp³-hybridized carbons (Fsp3) is 0.421. The van der Waals surface area contributed by atoms with E-state index in [9.17, 15) is 4.79 Å². The van der Waals surface area contributed by atoms with Gasteiger partial charge in [-0.25, -0.2) is 0 Å². The predicted molar refractivity (Wildman–Crippen MR) is 103 cm³/mol. The maximum absolute atomic E-state index is 12.7. The number of amides is 1. The zero-order chi connectivity index (χ0) is 18.1. The highest BCUT2D eigenvalue weighted by molar-refractivity contribution is 6.33. The highest BCUT2D eigenvalue weighted by atomic mass is 35.5. The number of rotatable bonds is 3. The number of carbonyl (C=O) groups is 1. The summed E-state index contributed by atoms with van der Waals surface area (Å²) in [6.07, 6.45) is 3.99. The van der Waals surface area contributed by atoms with Gasteiger partial charge in [0.15, 0.2) is 5.69 Å². The van der Waals surface area contributed by atoms with E-state index in [2.05, 4.69) is 15.1 Å². The lowest BCUT2D eigenvalue weighted by Gasteiger charge is -2.31. The third-order valence-corrected chi connectivity index (χ3v) is 5.62. The van der Waals surface area contributed by atoms with Crippen LogP contribution in [0.25, 0.3) is 0 Å². The summed E-state index contributed by atoms with van der Waals surface area (Å²) in [5.41, 5.74) is 3.31. The van der Waals surface area contributed by atoms with Crippen molar-refractivity contribution < 1.29 is 4.79 Å². The van der Waals surface area contributed by atoms with Crippen LogP contribution in [0.3, 0.4) is 0 Å². The molecule has 0 atom stereocenters. The second-order valence-corrected chi connectivity index (χ2v) is 7.67. The first-order valence-electron chi connectivity index (χ1n) is 8.96. The molecule has 4 rings (SSSR count). The van der Waals surface area contributed by atoms with Gasteiger partial charge in [0, 0.05) is 36.2 Å². The average molecular weight is 391 g/mol. The van der Waals surface area contributed by atoms with Gasteiger partial charge in [-0.2, -0.15) is 5.10 Å². The maximum atomic E-state index is 12.7. The number of fused-ring (bicyclic) bond motifs is 1. The van der Waals surface area contributed by atoms with Gasteiger partial charge in [0.1, 0.15) is 0 Å². The van der Waals surface area contributed by atoms with Gasteiger partial charge < -0.3 is 9.80 Å². The molecule has 2 aromatic rings. The zero-order valence-corrected chi connectivity index (χ0v) is 15.9. The molecule has 136 valence electrons. The molecule has 0 N–H and O–H groups in total. The van der Waals surface area contributed by atoms with Crippen molar-refractivity contribution in [1.29, 1.82) is 0 Å². The lowest BCUT2D eigenvalue weighted by molar-refractivity contribution is 0.0785. The van der Waals surface area contributed by atoms with Gasteiger partial charge in [0.2, 0.25) is 0 Å². The van der Waals surface area contributed by atoms with Crippen molar-refractivity contribution in [2.24, 2.45) is 0 Å². The Morgan fingerprint density at radius 2 is 1.85 bits per heavy atom. The van der Waals surface area contributed by atoms with Crippen LogP contribution in [0, 0.1) is 0 Å². The normalized spacial score (nSPS) is 16.7. The van der Waals surface area contributed by atoms with Crippen LogP contribution in [0.1, 0.15) is 41.0 Å². The van der Waals surface area contributed by atoms with Gasteiger partial charge in [-0.05, 0) is 55.5 Å². The molecule has 7 heteroatoms. The molecule has 1 amide bonds. The van der Waals surface area contributed by atoms with Crippen molar-refractivity contribution in [2.75, 3.05) is 24.5 Å². The highest BCUT2D eigenvalue weighted by Crippen LogP contribution is 2.30. The smallest absolute Gasteiger partial charge is 0.274 e. The Balaban J connectivity index is 1.62. The van der Waals surface area contributed by atoms with Crippen molar-refractivity contribution in [3.05, 3.63) is 51.3 Å². The van der Waals surface area contributed by atoms with E-state index in [4.69, 9.17) is 23.2 Å². The highest BCUT2D eigenvalue weighted by Gasteiger charge is 2.25. The summed E-state index contributed by atoms with van der Waals surface area (Å²) in [6.45, 7) is 3.13. The van der Waals surface area contributed by atoms with Gasteiger partial charge >= 0.3 is 0 Å². The average Bonchev–Trinajstić information content (AvgIpc) is 3.19. The summed E-state index contributed by atoms with van der Waals surface area (Å²) in [6, 6.07) is 7.39. The number of benzene rings is 1. The van der Waals surface area contributed by atoms with Gasteiger partial charge in [0.05, 0.1) is 11.4 Å². The largest absolute Gasteiger partial charge is 0.366 e. The van der Waals surface area contributed by atoms with Crippen LogP contribution in [-0.4, -0.2) is 40.6 Å². The van der Waals surface area contributed by atoms with E-state index in [1.54, 1.807) is 6.07 Å². The lowest BCUT2D eigenvalue weighted by Crippen LogP contribution is -2.32. The molecular weight excluding hydrogens is 371 g/mol. The van der Waals surface area contributed by atoms with Crippen LogP contribution in [0.2, 0.25) is 10.0 Å². The molecule has 1 saturated heterocycles. The van der Waals surface area contributed by atoms with Gasteiger partial charge in [-0.1, -0.05) is 23.2 Å². The number of carbonyl (C=O) groups excluding carboxylic acids is 1. The van der Waals surface area contributed by atoms with Crippen LogP contribution < -0.4 is 4.90 Å². The molecule has 1 aromatic carbocycles. The van der Waals surface area contributed by atoms with Crippen LogP contribution in [0.4, 0.5) is 5.69 Å². The number of halogens is 2. The second kappa shape index (κ2) is 7.41. The SMILES string of the molecule is O=C(c1cc2c(nn1)CCCN2Cc1cc(Cl)ccc1Cl)N1CCCC1. The quantitative estimate of drug-likeness (QED) is 0.795. The molecule has 26 heavy (non-hydrogen) atoms. The molecule has 0 saturated carbocycles. The standard InChI is InChI=1S/C19H20Cl2N4O/c20-14-5-6-15(21)13(10-14)12-25-9-3-4-16-18(25)11-17(23-22-16)19(26)24-7-1-2-8-24/h5-6,10-11H,1-4,7-9,12H2. The molecule has 1 aromatic heterocycles. The third-order valence-electron chi connectivity index (χ3n) is 5.01. The van der Waals surface area contributed by atoms with Gasteiger partial charge in [-0.3, -0.25) is 4.79 Å². The maximum Gasteiger partial charge on any atom is 0.274 e. The number of aryl methyl sites for hydroxylation is 1. The predicted octanol–water partition coefficient (Wildman–Crippen LogP) is 3.97. The summed E-state index contributed by atoms with van der Waals surface area (Å²) < 4.78 is 0. The minimum atomic E-state index is -0.0240. The van der Waals surface area contributed by atoms with Crippen LogP contribution >= 0.6 is 23.2 Å². The minimum Gasteiger partial charge on any atom is -0.366 e. The molecule has 5 nitrogen and oxygen atoms in total. The summed E-state index contributed by atoms with van der Waals surface area (Å²) in [5.74, 6) is -0.0240. The molecule has 0 spiro atoms. The van der Waals surface area contributed by atoms with Crippen molar-refractivity contribution in [3.8, 4) is 0 Å². The van der Waals surface area contributed by atoms with E-state index in [0.717, 1.165) is 62.3 Å². The monoisotopic (exact) mass is 390 g/mol. The first-order valence-corrected chi connectivity index (χ1v) is 9.72. The van der Waals surface area contributed by atoms with E-state index >= 15 is 0 Å². The Labute approximate surface area is 162 Å². The Hall–Kier alpha value is -1.85. The Morgan fingerprint density at radius 3 is 2.65 bits per heavy atom. The Morgan fingerprint density at radius 1 is 1.04 bits per heavy atom. The van der Waals surface area contributed by atoms with Crippen LogP contribution in [-0.2, 0) is 13.0 Å². The lowest BCUT2D eigenvalue weighted by atomic mass is 10.1. The summed E-state index contributed by atoms with van der Waals surface area (Å²) in [5, 5.41) is 9.90. The Bertz CT molecular complexity index is 836. The number of anilines is 1. The fourth-order valence-corrected chi connectivity index (χ4v) is 4.01. The van der Waals surface area contributed by atoms with E-state index in [1.165, 1.54) is 0 Å². The van der Waals surface area contributed by atoms with E-state index in [0.29, 0.717) is 22.3 Å². The van der Waals surface area contributed by atoms with Crippen LogP contribution in [0.15, 0.2) is 24.3 Å². The molecule has 0 radical (unpaired) electrons. The van der Waals surface area contributed by atoms with E-state index < -0.39 is 0 Å². The Kier molecular flexibility index (Phi) is 5.00. The topological polar surface area (TPSA) is 49.3 Å². The minimum absolute atomic E-state index is 0.0240. The fourth-order valence-electron chi connectivity index (χ4n) is 3.64. The van der Waals surface area contributed by atoms with Crippen molar-refractivity contribution in [3.63, 3.8) is 0 Å². The van der Waals surface area contributed by atoms with Crippen molar-refractivity contribution in [2.45, 2.75) is 32.2 Å². The number of nitrogens with zero attached hydrogens (tertiary/aromatic N) is 4. The number of hydrogen-bond donors (Lipinski definition) is 0. The van der Waals surface area contributed by atoms with Gasteiger partial charge in [-0.15, -0.1) is 5.10 Å². The number of aromatic nitrogens is 2. The number of likely N-dealkylation sites (tertiary alicyclic amines) is 1. The first kappa shape index (κ1) is 17.6. The van der Waals surface area contributed by atoms with Crippen molar-refractivity contribution in [1.82, 2.24) is 15.1 Å². The van der Waals surface area contributed by atoms with Crippen LogP contribution in [0.5, 0.6) is 0 Å². The first-order chi connectivity index (χ1) is 12.6. The molecule has 0 unspecified atom stereocenters. The third kappa shape index (κ3) is 3.51. The summed E-state index contributed by atoms with van der Waals surface area (Å²) in [4.78, 5) is 16.7. The molecule has 2 aliphatic rings. The summed E-state index contributed by atoms with van der Waals surface area (Å²) in [7, 11) is 0. The number of hydrogen-bond acceptors (Lipinski definition) is 4.